The second-order valence-electron chi connectivity index (χ2n) is 6.61. The van der Waals surface area contributed by atoms with Gasteiger partial charge in [0.05, 0.1) is 26.4 Å². The molecule has 2 heterocycles. The van der Waals surface area contributed by atoms with Gasteiger partial charge in [0, 0.05) is 45.5 Å². The number of ether oxygens (including phenoxy) is 4. The molecule has 10 nitrogen and oxygen atoms in total. The quantitative estimate of drug-likeness (QED) is 0.363. The highest BCUT2D eigenvalue weighted by Gasteiger charge is 2.40. The van der Waals surface area contributed by atoms with Gasteiger partial charge in [-0.25, -0.2) is 0 Å². The van der Waals surface area contributed by atoms with E-state index in [1.165, 1.54) is 20.3 Å². The average molecular weight is 424 g/mol. The molecule has 2 rings (SSSR count). The molecule has 0 aliphatic carbocycles. The van der Waals surface area contributed by atoms with E-state index in [0.29, 0.717) is 65.1 Å². The average Bonchev–Trinajstić information content (AvgIpc) is 2.79. The fourth-order valence-corrected chi connectivity index (χ4v) is 2.87. The molecule has 0 spiro atoms. The van der Waals surface area contributed by atoms with Gasteiger partial charge in [-0.15, -0.1) is 0 Å². The summed E-state index contributed by atoms with van der Waals surface area (Å²) in [6, 6.07) is 3.73. The Hall–Kier alpha value is -2.50. The molecule has 0 saturated carbocycles. The summed E-state index contributed by atoms with van der Waals surface area (Å²) in [7, 11) is 2.73. The van der Waals surface area contributed by atoms with Crippen LogP contribution in [0.2, 0.25) is 0 Å². The summed E-state index contributed by atoms with van der Waals surface area (Å²) in [4.78, 5) is 22.7. The third-order valence-corrected chi connectivity index (χ3v) is 4.69. The largest absolute Gasteiger partial charge is 0.468 e. The SMILES string of the molecule is C=CC#N.COC(=O)C1(N)CCOCC1.COC(=O)C1(NCCC#N)CCOCC1. The highest BCUT2D eigenvalue weighted by atomic mass is 16.5. The Balaban J connectivity index is 0.000000491. The number of carbonyl (C=O) groups is 2. The maximum absolute atomic E-state index is 11.7. The van der Waals surface area contributed by atoms with E-state index < -0.39 is 11.1 Å². The van der Waals surface area contributed by atoms with Crippen molar-refractivity contribution in [2.75, 3.05) is 47.2 Å². The molecule has 0 aromatic carbocycles. The Kier molecular flexibility index (Phi) is 14.1. The van der Waals surface area contributed by atoms with Crippen molar-refractivity contribution in [1.82, 2.24) is 5.32 Å². The van der Waals surface area contributed by atoms with E-state index in [-0.39, 0.29) is 11.9 Å². The molecule has 30 heavy (non-hydrogen) atoms. The van der Waals surface area contributed by atoms with Gasteiger partial charge < -0.3 is 30.0 Å². The summed E-state index contributed by atoms with van der Waals surface area (Å²) in [5, 5.41) is 19.1. The van der Waals surface area contributed by atoms with Crippen molar-refractivity contribution >= 4 is 11.9 Å². The zero-order valence-corrected chi connectivity index (χ0v) is 17.8. The molecule has 2 aliphatic heterocycles. The van der Waals surface area contributed by atoms with Crippen molar-refractivity contribution in [2.24, 2.45) is 5.73 Å². The maximum atomic E-state index is 11.7. The van der Waals surface area contributed by atoms with Gasteiger partial charge in [-0.3, -0.25) is 9.59 Å². The molecule has 2 aliphatic rings. The highest BCUT2D eigenvalue weighted by Crippen LogP contribution is 2.22. The maximum Gasteiger partial charge on any atom is 0.326 e. The first-order chi connectivity index (χ1) is 14.4. The Bertz CT molecular complexity index is 614. The van der Waals surface area contributed by atoms with Crippen molar-refractivity contribution in [3.8, 4) is 12.1 Å². The lowest BCUT2D eigenvalue weighted by atomic mass is 9.90. The lowest BCUT2D eigenvalue weighted by Crippen LogP contribution is -2.56. The van der Waals surface area contributed by atoms with Crippen LogP contribution < -0.4 is 11.1 Å². The van der Waals surface area contributed by atoms with E-state index in [1.807, 2.05) is 6.07 Å². The molecule has 168 valence electrons. The van der Waals surface area contributed by atoms with Crippen LogP contribution in [0.5, 0.6) is 0 Å². The van der Waals surface area contributed by atoms with Crippen LogP contribution in [0.3, 0.4) is 0 Å². The van der Waals surface area contributed by atoms with E-state index in [1.54, 1.807) is 6.07 Å². The van der Waals surface area contributed by atoms with Gasteiger partial charge in [-0.05, 0) is 25.7 Å². The molecule has 2 fully saturated rings. The first kappa shape index (κ1) is 27.5. The van der Waals surface area contributed by atoms with Crippen molar-refractivity contribution < 1.29 is 28.5 Å². The minimum atomic E-state index is -0.799. The van der Waals surface area contributed by atoms with Gasteiger partial charge in [0.2, 0.25) is 0 Å². The van der Waals surface area contributed by atoms with Gasteiger partial charge >= 0.3 is 11.9 Å². The predicted molar refractivity (Wildman–Crippen MR) is 108 cm³/mol. The van der Waals surface area contributed by atoms with Gasteiger partial charge in [0.25, 0.3) is 0 Å². The Labute approximate surface area is 177 Å². The zero-order chi connectivity index (χ0) is 22.9. The standard InChI is InChI=1S/C10H16N2O3.C7H13NO3.C3H3N/c1-14-9(13)10(12-6-2-5-11)3-7-15-8-4-10;1-10-6(9)7(8)2-4-11-5-3-7;1-2-3-4/h12H,2-4,6-8H2,1H3;2-5,8H2,1H3;2H,1H2. The Morgan fingerprint density at radius 2 is 1.53 bits per heavy atom. The van der Waals surface area contributed by atoms with Crippen LogP contribution in [0.25, 0.3) is 0 Å². The number of nitrogens with two attached hydrogens (primary N) is 1. The van der Waals surface area contributed by atoms with E-state index in [4.69, 9.17) is 30.5 Å². The van der Waals surface area contributed by atoms with Gasteiger partial charge in [0.15, 0.2) is 0 Å². The smallest absolute Gasteiger partial charge is 0.326 e. The first-order valence-electron chi connectivity index (χ1n) is 9.59. The number of nitriles is 2. The highest BCUT2D eigenvalue weighted by molar-refractivity contribution is 5.81. The number of nitrogens with zero attached hydrogens (tertiary/aromatic N) is 2. The summed E-state index contributed by atoms with van der Waals surface area (Å²) in [6.07, 6.45) is 3.88. The first-order valence-corrected chi connectivity index (χ1v) is 9.59. The molecule has 2 saturated heterocycles. The Morgan fingerprint density at radius 1 is 1.07 bits per heavy atom. The molecular weight excluding hydrogens is 392 g/mol. The summed E-state index contributed by atoms with van der Waals surface area (Å²) < 4.78 is 19.6. The molecule has 0 atom stereocenters. The third-order valence-electron chi connectivity index (χ3n) is 4.69. The minimum Gasteiger partial charge on any atom is -0.468 e. The van der Waals surface area contributed by atoms with E-state index in [9.17, 15) is 9.59 Å². The normalized spacial score (nSPS) is 18.4. The van der Waals surface area contributed by atoms with Crippen molar-refractivity contribution in [1.29, 1.82) is 10.5 Å². The minimum absolute atomic E-state index is 0.260. The topological polar surface area (TPSA) is 157 Å². The predicted octanol–water partition coefficient (Wildman–Crippen LogP) is 0.575. The van der Waals surface area contributed by atoms with Crippen LogP contribution >= 0.6 is 0 Å². The summed E-state index contributed by atoms with van der Waals surface area (Å²) >= 11 is 0. The van der Waals surface area contributed by atoms with Crippen LogP contribution in [0.4, 0.5) is 0 Å². The molecule has 0 bridgehead atoms. The fraction of sp³-hybridized carbons (Fsp3) is 0.700. The molecule has 0 unspecified atom stereocenters. The zero-order valence-electron chi connectivity index (χ0n) is 17.8. The van der Waals surface area contributed by atoms with Crippen LogP contribution in [-0.4, -0.2) is 70.2 Å². The van der Waals surface area contributed by atoms with Crippen LogP contribution in [0, 0.1) is 22.7 Å². The van der Waals surface area contributed by atoms with Gasteiger partial charge in [-0.1, -0.05) is 6.58 Å². The molecule has 0 radical (unpaired) electrons. The van der Waals surface area contributed by atoms with E-state index in [2.05, 4.69) is 16.6 Å². The monoisotopic (exact) mass is 424 g/mol. The van der Waals surface area contributed by atoms with Crippen molar-refractivity contribution in [3.63, 3.8) is 0 Å². The third kappa shape index (κ3) is 9.33. The molecular formula is C20H32N4O6. The summed E-state index contributed by atoms with van der Waals surface area (Å²) in [5.41, 5.74) is 4.31. The molecule has 0 aromatic rings. The molecule has 10 heteroatoms. The van der Waals surface area contributed by atoms with E-state index in [0.717, 1.165) is 0 Å². The lowest BCUT2D eigenvalue weighted by Gasteiger charge is -2.35. The van der Waals surface area contributed by atoms with Crippen LogP contribution in [0.15, 0.2) is 12.7 Å². The fourth-order valence-electron chi connectivity index (χ4n) is 2.87. The number of carbonyl (C=O) groups excluding carboxylic acids is 2. The van der Waals surface area contributed by atoms with Gasteiger partial charge in [-0.2, -0.15) is 10.5 Å². The van der Waals surface area contributed by atoms with Gasteiger partial charge in [0.1, 0.15) is 11.1 Å². The number of esters is 2. The number of methoxy groups -OCH3 is 2. The Morgan fingerprint density at radius 3 is 1.93 bits per heavy atom. The van der Waals surface area contributed by atoms with E-state index >= 15 is 0 Å². The van der Waals surface area contributed by atoms with Crippen LogP contribution in [0.1, 0.15) is 32.1 Å². The number of hydrogen-bond donors (Lipinski definition) is 2. The summed E-state index contributed by atoms with van der Waals surface area (Å²) in [5.74, 6) is -0.593. The molecule has 0 aromatic heterocycles. The molecule has 0 amide bonds. The second kappa shape index (κ2) is 15.4. The van der Waals surface area contributed by atoms with Crippen molar-refractivity contribution in [3.05, 3.63) is 12.7 Å². The van der Waals surface area contributed by atoms with Crippen molar-refractivity contribution in [2.45, 2.75) is 43.2 Å². The summed E-state index contributed by atoms with van der Waals surface area (Å²) in [6.45, 7) is 5.82. The number of rotatable bonds is 5. The number of hydrogen-bond acceptors (Lipinski definition) is 10. The number of nitrogens with one attached hydrogen (secondary N) is 1. The van der Waals surface area contributed by atoms with Crippen LogP contribution in [-0.2, 0) is 28.5 Å². The molecule has 3 N–H and O–H groups in total. The second-order valence-corrected chi connectivity index (χ2v) is 6.61. The lowest BCUT2D eigenvalue weighted by molar-refractivity contribution is -0.153. The number of allylic oxidation sites excluding steroid dienone is 1.